The molecule has 3 rings (SSSR count). The molecule has 0 radical (unpaired) electrons. The molecule has 1 N–H and O–H groups in total. The molecule has 0 aromatic heterocycles. The molecule has 0 amide bonds. The topological polar surface area (TPSA) is 29.5 Å². The lowest BCUT2D eigenvalue weighted by atomic mass is 9.98. The fourth-order valence-electron chi connectivity index (χ4n) is 2.66. The lowest BCUT2D eigenvalue weighted by Crippen LogP contribution is -2.14. The van der Waals surface area contributed by atoms with Crippen LogP contribution >= 0.6 is 0 Å². The van der Waals surface area contributed by atoms with Gasteiger partial charge in [-0.2, -0.15) is 0 Å². The lowest BCUT2D eigenvalue weighted by molar-refractivity contribution is 0.203. The third kappa shape index (κ3) is 1.86. The Morgan fingerprint density at radius 3 is 2.20 bits per heavy atom. The van der Waals surface area contributed by atoms with Crippen molar-refractivity contribution in [2.24, 2.45) is 0 Å². The van der Waals surface area contributed by atoms with Crippen molar-refractivity contribution in [2.75, 3.05) is 13.2 Å². The normalized spacial score (nSPS) is 11.1. The van der Waals surface area contributed by atoms with Crippen molar-refractivity contribution < 1.29 is 9.84 Å². The molecule has 0 fully saturated rings. The highest BCUT2D eigenvalue weighted by atomic mass is 16.5. The van der Waals surface area contributed by atoms with Gasteiger partial charge in [-0.05, 0) is 32.7 Å². The van der Waals surface area contributed by atoms with E-state index < -0.39 is 0 Å². The van der Waals surface area contributed by atoms with Gasteiger partial charge in [-0.15, -0.1) is 0 Å². The molecule has 0 aliphatic rings. The first kappa shape index (κ1) is 12.7. The minimum atomic E-state index is -0.00627. The molecule has 2 heteroatoms. The molecule has 20 heavy (non-hydrogen) atoms. The van der Waals surface area contributed by atoms with Gasteiger partial charge < -0.3 is 9.84 Å². The van der Waals surface area contributed by atoms with Crippen molar-refractivity contribution in [1.82, 2.24) is 0 Å². The minimum Gasteiger partial charge on any atom is -0.491 e. The SMILES string of the molecule is C=c1c2ccccc2c(=C)c2c(OCCO)cccc12. The molecule has 0 aliphatic heterocycles. The maximum atomic E-state index is 8.94. The van der Waals surface area contributed by atoms with E-state index in [1.807, 2.05) is 30.3 Å². The standard InChI is InChI=1S/C18H16O2/c1-12-14-6-3-4-7-15(14)13(2)18-16(12)8-5-9-17(18)20-11-10-19/h3-9,19H,1-2,10-11H2. The first-order valence-corrected chi connectivity index (χ1v) is 6.59. The van der Waals surface area contributed by atoms with E-state index in [0.717, 1.165) is 37.7 Å². The molecular weight excluding hydrogens is 248 g/mol. The predicted molar refractivity (Wildman–Crippen MR) is 84.3 cm³/mol. The summed E-state index contributed by atoms with van der Waals surface area (Å²) in [5, 5.41) is 15.1. The molecule has 3 aromatic carbocycles. The van der Waals surface area contributed by atoms with Gasteiger partial charge >= 0.3 is 0 Å². The van der Waals surface area contributed by atoms with E-state index in [1.54, 1.807) is 0 Å². The van der Waals surface area contributed by atoms with Crippen LogP contribution in [0.15, 0.2) is 42.5 Å². The van der Waals surface area contributed by atoms with E-state index in [1.165, 1.54) is 0 Å². The summed E-state index contributed by atoms with van der Waals surface area (Å²) in [6, 6.07) is 14.0. The molecule has 0 unspecified atom stereocenters. The summed E-state index contributed by atoms with van der Waals surface area (Å²) >= 11 is 0. The summed E-state index contributed by atoms with van der Waals surface area (Å²) in [6.07, 6.45) is 0. The third-order valence-electron chi connectivity index (χ3n) is 3.58. The summed E-state index contributed by atoms with van der Waals surface area (Å²) in [7, 11) is 0. The Kier molecular flexibility index (Phi) is 3.17. The van der Waals surface area contributed by atoms with Gasteiger partial charge in [0.05, 0.1) is 6.61 Å². The van der Waals surface area contributed by atoms with Crippen LogP contribution < -0.4 is 15.2 Å². The molecule has 3 aromatic rings. The maximum Gasteiger partial charge on any atom is 0.127 e. The van der Waals surface area contributed by atoms with Crippen LogP contribution in [0.5, 0.6) is 5.75 Å². The molecular formula is C18H16O2. The van der Waals surface area contributed by atoms with Crippen LogP contribution in [0, 0.1) is 0 Å². The van der Waals surface area contributed by atoms with Gasteiger partial charge in [0.2, 0.25) is 0 Å². The number of aliphatic hydroxyl groups excluding tert-OH is 1. The Bertz CT molecular complexity index is 881. The number of hydrogen-bond acceptors (Lipinski definition) is 2. The van der Waals surface area contributed by atoms with Crippen molar-refractivity contribution in [3.63, 3.8) is 0 Å². The van der Waals surface area contributed by atoms with Gasteiger partial charge in [-0.1, -0.05) is 49.6 Å². The van der Waals surface area contributed by atoms with Gasteiger partial charge in [0.1, 0.15) is 12.4 Å². The molecule has 0 saturated heterocycles. The van der Waals surface area contributed by atoms with Gasteiger partial charge in [0.15, 0.2) is 0 Å². The Hall–Kier alpha value is -2.32. The smallest absolute Gasteiger partial charge is 0.127 e. The van der Waals surface area contributed by atoms with Gasteiger partial charge in [0.25, 0.3) is 0 Å². The predicted octanol–water partition coefficient (Wildman–Crippen LogP) is 2.18. The fourth-order valence-corrected chi connectivity index (χ4v) is 2.66. The van der Waals surface area contributed by atoms with Crippen LogP contribution in [0.3, 0.4) is 0 Å². The Labute approximate surface area is 117 Å². The van der Waals surface area contributed by atoms with E-state index >= 15 is 0 Å². The Morgan fingerprint density at radius 1 is 0.850 bits per heavy atom. The van der Waals surface area contributed by atoms with Crippen LogP contribution in [0.25, 0.3) is 34.7 Å². The zero-order valence-electron chi connectivity index (χ0n) is 11.2. The molecule has 2 nitrogen and oxygen atoms in total. The van der Waals surface area contributed by atoms with Gasteiger partial charge in [-0.25, -0.2) is 0 Å². The number of fused-ring (bicyclic) bond motifs is 2. The average molecular weight is 264 g/mol. The van der Waals surface area contributed by atoms with E-state index in [0.29, 0.717) is 0 Å². The molecule has 100 valence electrons. The van der Waals surface area contributed by atoms with Gasteiger partial charge in [-0.3, -0.25) is 0 Å². The number of rotatable bonds is 3. The van der Waals surface area contributed by atoms with Crippen LogP contribution in [0.4, 0.5) is 0 Å². The molecule has 0 saturated carbocycles. The van der Waals surface area contributed by atoms with Crippen molar-refractivity contribution in [1.29, 1.82) is 0 Å². The highest BCUT2D eigenvalue weighted by Gasteiger charge is 2.07. The molecule has 0 atom stereocenters. The fraction of sp³-hybridized carbons (Fsp3) is 0.111. The first-order valence-electron chi connectivity index (χ1n) is 6.59. The Morgan fingerprint density at radius 2 is 1.50 bits per heavy atom. The van der Waals surface area contributed by atoms with Crippen molar-refractivity contribution >= 4 is 34.7 Å². The first-order chi connectivity index (χ1) is 9.74. The lowest BCUT2D eigenvalue weighted by Gasteiger charge is -2.11. The van der Waals surface area contributed by atoms with Crippen LogP contribution in [0.1, 0.15) is 0 Å². The van der Waals surface area contributed by atoms with Crippen molar-refractivity contribution in [2.45, 2.75) is 0 Å². The number of benzene rings is 3. The van der Waals surface area contributed by atoms with Gasteiger partial charge in [0, 0.05) is 5.39 Å². The average Bonchev–Trinajstić information content (AvgIpc) is 2.50. The molecule has 0 spiro atoms. The maximum absolute atomic E-state index is 8.94. The van der Waals surface area contributed by atoms with E-state index in [2.05, 4.69) is 25.3 Å². The van der Waals surface area contributed by atoms with Crippen LogP contribution in [0.2, 0.25) is 0 Å². The van der Waals surface area contributed by atoms with E-state index in [9.17, 15) is 0 Å². The minimum absolute atomic E-state index is 0.00627. The Balaban J connectivity index is 2.47. The van der Waals surface area contributed by atoms with Crippen LogP contribution in [-0.2, 0) is 0 Å². The third-order valence-corrected chi connectivity index (χ3v) is 3.58. The quantitative estimate of drug-likeness (QED) is 0.735. The second kappa shape index (κ2) is 4.99. The molecule has 0 heterocycles. The summed E-state index contributed by atoms with van der Waals surface area (Å²) in [5.41, 5.74) is 0. The van der Waals surface area contributed by atoms with E-state index in [-0.39, 0.29) is 13.2 Å². The zero-order chi connectivity index (χ0) is 14.1. The summed E-state index contributed by atoms with van der Waals surface area (Å²) in [5.74, 6) is 0.747. The zero-order valence-corrected chi connectivity index (χ0v) is 11.2. The second-order valence-electron chi connectivity index (χ2n) is 4.75. The summed E-state index contributed by atoms with van der Waals surface area (Å²) in [4.78, 5) is 0. The molecule has 0 bridgehead atoms. The summed E-state index contributed by atoms with van der Waals surface area (Å²) < 4.78 is 5.64. The number of hydrogen-bond donors (Lipinski definition) is 1. The highest BCUT2D eigenvalue weighted by molar-refractivity contribution is 6.02. The molecule has 0 aliphatic carbocycles. The largest absolute Gasteiger partial charge is 0.491 e. The number of ether oxygens (including phenoxy) is 1. The van der Waals surface area contributed by atoms with Crippen LogP contribution in [-0.4, -0.2) is 18.3 Å². The van der Waals surface area contributed by atoms with E-state index in [4.69, 9.17) is 9.84 Å². The number of aliphatic hydroxyl groups is 1. The highest BCUT2D eigenvalue weighted by Crippen LogP contribution is 2.22. The second-order valence-corrected chi connectivity index (χ2v) is 4.75. The van der Waals surface area contributed by atoms with Crippen molar-refractivity contribution in [3.8, 4) is 5.75 Å². The van der Waals surface area contributed by atoms with Crippen molar-refractivity contribution in [3.05, 3.63) is 52.9 Å². The summed E-state index contributed by atoms with van der Waals surface area (Å²) in [6.45, 7) is 8.69. The monoisotopic (exact) mass is 264 g/mol.